The average Bonchev–Trinajstić information content (AvgIpc) is 3.27. The lowest BCUT2D eigenvalue weighted by atomic mass is 9.95. The summed E-state index contributed by atoms with van der Waals surface area (Å²) in [5.74, 6) is -0.267. The molecule has 0 radical (unpaired) electrons. The second-order valence-electron chi connectivity index (χ2n) is 6.69. The first-order valence-electron chi connectivity index (χ1n) is 9.76. The van der Waals surface area contributed by atoms with Gasteiger partial charge in [-0.05, 0) is 47.2 Å². The van der Waals surface area contributed by atoms with Gasteiger partial charge in [0.25, 0.3) is 0 Å². The van der Waals surface area contributed by atoms with Crippen LogP contribution in [0.15, 0.2) is 71.0 Å². The van der Waals surface area contributed by atoms with E-state index in [1.165, 1.54) is 11.8 Å². The quantitative estimate of drug-likeness (QED) is 0.402. The lowest BCUT2D eigenvalue weighted by Gasteiger charge is -2.29. The average molecular weight is 471 g/mol. The number of benzene rings is 2. The van der Waals surface area contributed by atoms with E-state index in [0.29, 0.717) is 27.0 Å². The highest BCUT2D eigenvalue weighted by molar-refractivity contribution is 7.99. The lowest BCUT2D eigenvalue weighted by Crippen LogP contribution is -2.46. The maximum Gasteiger partial charge on any atom is 0.338 e. The number of esters is 1. The summed E-state index contributed by atoms with van der Waals surface area (Å²) in [5.41, 5.74) is 2.26. The molecule has 9 nitrogen and oxygen atoms in total. The SMILES string of the molecule is CCOC(=O)C1=C(CSc2nnnn2-c2ccccc2)NC(=O)NC1c1ccc(Cl)cc1. The van der Waals surface area contributed by atoms with Crippen LogP contribution in [0.2, 0.25) is 5.02 Å². The predicted molar refractivity (Wildman–Crippen MR) is 119 cm³/mol. The van der Waals surface area contributed by atoms with Gasteiger partial charge in [-0.2, -0.15) is 4.68 Å². The Morgan fingerprint density at radius 2 is 1.94 bits per heavy atom. The highest BCUT2D eigenvalue weighted by Gasteiger charge is 2.34. The second kappa shape index (κ2) is 9.84. The summed E-state index contributed by atoms with van der Waals surface area (Å²) < 4.78 is 6.88. The van der Waals surface area contributed by atoms with E-state index in [1.807, 2.05) is 30.3 Å². The maximum atomic E-state index is 12.9. The topological polar surface area (TPSA) is 111 Å². The monoisotopic (exact) mass is 470 g/mol. The van der Waals surface area contributed by atoms with Gasteiger partial charge in [0.05, 0.1) is 23.9 Å². The molecule has 2 amide bonds. The minimum absolute atomic E-state index is 0.205. The van der Waals surface area contributed by atoms with Crippen molar-refractivity contribution in [2.75, 3.05) is 12.4 Å². The van der Waals surface area contributed by atoms with Crippen molar-refractivity contribution in [1.29, 1.82) is 0 Å². The number of hydrogen-bond donors (Lipinski definition) is 2. The number of amides is 2. The van der Waals surface area contributed by atoms with Crippen LogP contribution in [0.1, 0.15) is 18.5 Å². The van der Waals surface area contributed by atoms with Crippen molar-refractivity contribution in [2.24, 2.45) is 0 Å². The number of para-hydroxylation sites is 1. The molecule has 2 N–H and O–H groups in total. The molecule has 2 aromatic carbocycles. The largest absolute Gasteiger partial charge is 0.463 e. The van der Waals surface area contributed by atoms with Gasteiger partial charge in [-0.25, -0.2) is 9.59 Å². The van der Waals surface area contributed by atoms with Gasteiger partial charge in [0.15, 0.2) is 0 Å². The van der Waals surface area contributed by atoms with E-state index in [4.69, 9.17) is 16.3 Å². The van der Waals surface area contributed by atoms with Crippen LogP contribution < -0.4 is 10.6 Å². The Balaban J connectivity index is 1.67. The number of nitrogens with one attached hydrogen (secondary N) is 2. The van der Waals surface area contributed by atoms with Crippen molar-refractivity contribution in [2.45, 2.75) is 18.1 Å². The van der Waals surface area contributed by atoms with Crippen LogP contribution in [0.3, 0.4) is 0 Å². The van der Waals surface area contributed by atoms with Crippen molar-refractivity contribution in [3.63, 3.8) is 0 Å². The fourth-order valence-corrected chi connectivity index (χ4v) is 4.21. The van der Waals surface area contributed by atoms with Crippen LogP contribution >= 0.6 is 23.4 Å². The zero-order valence-electron chi connectivity index (χ0n) is 17.0. The smallest absolute Gasteiger partial charge is 0.338 e. The molecule has 0 fully saturated rings. The van der Waals surface area contributed by atoms with Crippen LogP contribution in [0.4, 0.5) is 4.79 Å². The molecule has 0 saturated heterocycles. The molecule has 164 valence electrons. The van der Waals surface area contributed by atoms with Gasteiger partial charge < -0.3 is 15.4 Å². The number of carbonyl (C=O) groups is 2. The normalized spacial score (nSPS) is 15.8. The highest BCUT2D eigenvalue weighted by atomic mass is 35.5. The minimum atomic E-state index is -0.680. The van der Waals surface area contributed by atoms with Gasteiger partial charge in [0, 0.05) is 16.5 Å². The van der Waals surface area contributed by atoms with Gasteiger partial charge in [-0.15, -0.1) is 5.10 Å². The zero-order chi connectivity index (χ0) is 22.5. The molecular weight excluding hydrogens is 452 g/mol. The second-order valence-corrected chi connectivity index (χ2v) is 8.07. The van der Waals surface area contributed by atoms with Crippen LogP contribution in [-0.4, -0.2) is 44.6 Å². The van der Waals surface area contributed by atoms with Crippen molar-refractivity contribution in [3.8, 4) is 5.69 Å². The molecule has 4 rings (SSSR count). The van der Waals surface area contributed by atoms with E-state index in [9.17, 15) is 9.59 Å². The molecule has 1 aliphatic heterocycles. The first kappa shape index (κ1) is 21.8. The minimum Gasteiger partial charge on any atom is -0.463 e. The summed E-state index contributed by atoms with van der Waals surface area (Å²) in [4.78, 5) is 25.3. The van der Waals surface area contributed by atoms with Gasteiger partial charge in [-0.3, -0.25) is 0 Å². The number of nitrogens with zero attached hydrogens (tertiary/aromatic N) is 4. The summed E-state index contributed by atoms with van der Waals surface area (Å²) in [7, 11) is 0. The number of ether oxygens (including phenoxy) is 1. The van der Waals surface area contributed by atoms with Crippen molar-refractivity contribution < 1.29 is 14.3 Å². The van der Waals surface area contributed by atoms with Gasteiger partial charge in [0.2, 0.25) is 5.16 Å². The van der Waals surface area contributed by atoms with Crippen LogP contribution in [0.25, 0.3) is 5.69 Å². The molecule has 0 saturated carbocycles. The predicted octanol–water partition coefficient (Wildman–Crippen LogP) is 3.28. The molecule has 3 aromatic rings. The van der Waals surface area contributed by atoms with E-state index < -0.39 is 18.0 Å². The Morgan fingerprint density at radius 1 is 1.19 bits per heavy atom. The van der Waals surface area contributed by atoms with E-state index in [0.717, 1.165) is 5.69 Å². The standard InChI is InChI=1S/C21H19ClN6O3S/c1-2-31-19(29)17-16(23-20(30)24-18(17)13-8-10-14(22)11-9-13)12-32-21-25-26-27-28(21)15-6-4-3-5-7-15/h3-11,18H,2,12H2,1H3,(H2,23,24,30). The number of tetrazole rings is 1. The van der Waals surface area contributed by atoms with E-state index in [2.05, 4.69) is 26.2 Å². The summed E-state index contributed by atoms with van der Waals surface area (Å²) in [6.07, 6.45) is 0. The number of thioether (sulfide) groups is 1. The Morgan fingerprint density at radius 3 is 2.66 bits per heavy atom. The molecule has 1 unspecified atom stereocenters. The molecule has 0 bridgehead atoms. The number of halogens is 1. The van der Waals surface area contributed by atoms with Crippen molar-refractivity contribution in [3.05, 3.63) is 76.5 Å². The van der Waals surface area contributed by atoms with Gasteiger partial charge in [-0.1, -0.05) is 53.7 Å². The molecule has 1 aromatic heterocycles. The lowest BCUT2D eigenvalue weighted by molar-refractivity contribution is -0.139. The highest BCUT2D eigenvalue weighted by Crippen LogP contribution is 2.31. The molecule has 32 heavy (non-hydrogen) atoms. The summed E-state index contributed by atoms with van der Waals surface area (Å²) in [6.45, 7) is 1.93. The molecular formula is C21H19ClN6O3S. The number of carbonyl (C=O) groups excluding carboxylic acids is 2. The van der Waals surface area contributed by atoms with Gasteiger partial charge in [0.1, 0.15) is 0 Å². The van der Waals surface area contributed by atoms with E-state index in [-0.39, 0.29) is 12.4 Å². The Bertz CT molecular complexity index is 1150. The van der Waals surface area contributed by atoms with Gasteiger partial charge >= 0.3 is 12.0 Å². The number of rotatable bonds is 7. The fourth-order valence-electron chi connectivity index (χ4n) is 3.22. The van der Waals surface area contributed by atoms with Crippen LogP contribution in [-0.2, 0) is 9.53 Å². The Hall–Kier alpha value is -3.37. The zero-order valence-corrected chi connectivity index (χ0v) is 18.6. The summed E-state index contributed by atoms with van der Waals surface area (Å²) in [5, 5.41) is 18.5. The Labute approximate surface area is 193 Å². The van der Waals surface area contributed by atoms with Crippen molar-refractivity contribution >= 4 is 35.4 Å². The number of aromatic nitrogens is 4. The fraction of sp³-hybridized carbons (Fsp3) is 0.190. The number of hydrogen-bond acceptors (Lipinski definition) is 7. The van der Waals surface area contributed by atoms with E-state index >= 15 is 0 Å². The number of urea groups is 1. The van der Waals surface area contributed by atoms with Crippen LogP contribution in [0.5, 0.6) is 0 Å². The molecule has 1 aliphatic rings. The third-order valence-corrected chi connectivity index (χ3v) is 5.84. The Kier molecular flexibility index (Phi) is 6.72. The maximum absolute atomic E-state index is 12.9. The first-order chi connectivity index (χ1) is 15.6. The molecule has 11 heteroatoms. The first-order valence-corrected chi connectivity index (χ1v) is 11.1. The molecule has 2 heterocycles. The van der Waals surface area contributed by atoms with E-state index in [1.54, 1.807) is 35.9 Å². The third kappa shape index (κ3) is 4.76. The third-order valence-electron chi connectivity index (χ3n) is 4.64. The van der Waals surface area contributed by atoms with Crippen LogP contribution in [0, 0.1) is 0 Å². The van der Waals surface area contributed by atoms with Crippen molar-refractivity contribution in [1.82, 2.24) is 30.8 Å². The molecule has 0 aliphatic carbocycles. The summed E-state index contributed by atoms with van der Waals surface area (Å²) >= 11 is 7.29. The molecule has 0 spiro atoms. The molecule has 1 atom stereocenters. The summed E-state index contributed by atoms with van der Waals surface area (Å²) in [6, 6.07) is 15.3.